The highest BCUT2D eigenvalue weighted by Crippen LogP contribution is 2.41. The summed E-state index contributed by atoms with van der Waals surface area (Å²) in [6.07, 6.45) is 0. The Labute approximate surface area is 138 Å². The second-order valence-electron chi connectivity index (χ2n) is 6.07. The number of nitrogens with one attached hydrogen (secondary N) is 1. The van der Waals surface area contributed by atoms with Crippen molar-refractivity contribution in [1.29, 1.82) is 0 Å². The van der Waals surface area contributed by atoms with Crippen molar-refractivity contribution >= 4 is 49.0 Å². The first-order chi connectivity index (χ1) is 11.8. The number of nitrogens with two attached hydrogens (primary N) is 1. The van der Waals surface area contributed by atoms with Crippen LogP contribution in [-0.2, 0) is 0 Å². The van der Waals surface area contributed by atoms with Gasteiger partial charge in [-0.2, -0.15) is 0 Å². The molecule has 3 heteroatoms. The van der Waals surface area contributed by atoms with E-state index in [1.807, 2.05) is 18.2 Å². The standard InChI is InChI=1S/C21H14N2O/c22-23-21(24)17-11-10-13-6-2-8-15-14-7-1-4-12-5-3-9-16(18(12)14)20(17)19(13)15/h1-11H,22H2,(H,23,24). The van der Waals surface area contributed by atoms with Crippen LogP contribution in [0.4, 0.5) is 0 Å². The van der Waals surface area contributed by atoms with E-state index in [-0.39, 0.29) is 5.91 Å². The number of fused-ring (bicyclic) bond motifs is 2. The fraction of sp³-hybridized carbons (Fsp3) is 0. The van der Waals surface area contributed by atoms with Crippen molar-refractivity contribution in [1.82, 2.24) is 5.43 Å². The number of nitrogen functional groups attached to an aromatic ring is 1. The summed E-state index contributed by atoms with van der Waals surface area (Å²) in [5.74, 6) is 5.15. The molecule has 24 heavy (non-hydrogen) atoms. The number of amides is 1. The Morgan fingerprint density at radius 3 is 1.92 bits per heavy atom. The van der Waals surface area contributed by atoms with Gasteiger partial charge in [0.05, 0.1) is 0 Å². The average Bonchev–Trinajstić information content (AvgIpc) is 2.64. The molecule has 0 bridgehead atoms. The van der Waals surface area contributed by atoms with Gasteiger partial charge in [-0.25, -0.2) is 5.84 Å². The van der Waals surface area contributed by atoms with E-state index in [2.05, 4.69) is 54.0 Å². The third-order valence-electron chi connectivity index (χ3n) is 4.89. The quantitative estimate of drug-likeness (QED) is 0.159. The third-order valence-corrected chi connectivity index (χ3v) is 4.89. The van der Waals surface area contributed by atoms with Gasteiger partial charge < -0.3 is 0 Å². The molecule has 0 aromatic heterocycles. The van der Waals surface area contributed by atoms with E-state index < -0.39 is 0 Å². The zero-order valence-corrected chi connectivity index (χ0v) is 12.8. The summed E-state index contributed by atoms with van der Waals surface area (Å²) >= 11 is 0. The molecule has 0 atom stereocenters. The van der Waals surface area contributed by atoms with E-state index >= 15 is 0 Å². The Hall–Kier alpha value is -3.17. The zero-order chi connectivity index (χ0) is 16.3. The minimum atomic E-state index is -0.266. The maximum Gasteiger partial charge on any atom is 0.265 e. The summed E-state index contributed by atoms with van der Waals surface area (Å²) in [6.45, 7) is 0. The molecule has 3 nitrogen and oxygen atoms in total. The molecule has 0 aliphatic rings. The van der Waals surface area contributed by atoms with Crippen molar-refractivity contribution in [3.05, 3.63) is 72.3 Å². The van der Waals surface area contributed by atoms with Gasteiger partial charge in [-0.05, 0) is 43.8 Å². The van der Waals surface area contributed by atoms with Crippen molar-refractivity contribution in [3.8, 4) is 0 Å². The number of hydrogen-bond donors (Lipinski definition) is 2. The monoisotopic (exact) mass is 310 g/mol. The second kappa shape index (κ2) is 4.66. The van der Waals surface area contributed by atoms with E-state index in [1.54, 1.807) is 0 Å². The number of carbonyl (C=O) groups is 1. The van der Waals surface area contributed by atoms with Crippen LogP contribution < -0.4 is 11.3 Å². The van der Waals surface area contributed by atoms with Crippen LogP contribution in [0.3, 0.4) is 0 Å². The molecule has 3 N–H and O–H groups in total. The molecule has 1 amide bonds. The van der Waals surface area contributed by atoms with Crippen LogP contribution >= 0.6 is 0 Å². The first kappa shape index (κ1) is 13.3. The third kappa shape index (κ3) is 1.57. The molecule has 114 valence electrons. The number of benzene rings is 5. The summed E-state index contributed by atoms with van der Waals surface area (Å²) in [5.41, 5.74) is 2.89. The van der Waals surface area contributed by atoms with Crippen molar-refractivity contribution in [3.63, 3.8) is 0 Å². The second-order valence-corrected chi connectivity index (χ2v) is 6.07. The van der Waals surface area contributed by atoms with Crippen molar-refractivity contribution in [2.75, 3.05) is 0 Å². The molecule has 0 unspecified atom stereocenters. The van der Waals surface area contributed by atoms with Gasteiger partial charge in [-0.3, -0.25) is 10.2 Å². The Morgan fingerprint density at radius 1 is 0.667 bits per heavy atom. The van der Waals surface area contributed by atoms with Crippen LogP contribution in [0.1, 0.15) is 10.4 Å². The number of hydrogen-bond acceptors (Lipinski definition) is 2. The van der Waals surface area contributed by atoms with E-state index in [1.165, 1.54) is 21.5 Å². The fourth-order valence-electron chi connectivity index (χ4n) is 3.92. The lowest BCUT2D eigenvalue weighted by Crippen LogP contribution is -2.30. The molecule has 5 aromatic carbocycles. The van der Waals surface area contributed by atoms with Gasteiger partial charge in [0.2, 0.25) is 0 Å². The SMILES string of the molecule is NNC(=O)c1ccc2cccc3c4cccc5cccc(c1c23)c54. The predicted octanol–water partition coefficient (Wildman–Crippen LogP) is 4.34. The largest absolute Gasteiger partial charge is 0.290 e. The zero-order valence-electron chi connectivity index (χ0n) is 12.8. The highest BCUT2D eigenvalue weighted by Gasteiger charge is 2.17. The van der Waals surface area contributed by atoms with Gasteiger partial charge in [0, 0.05) is 10.9 Å². The van der Waals surface area contributed by atoms with Gasteiger partial charge in [0.25, 0.3) is 5.91 Å². The topological polar surface area (TPSA) is 55.1 Å². The van der Waals surface area contributed by atoms with Crippen molar-refractivity contribution in [2.45, 2.75) is 0 Å². The van der Waals surface area contributed by atoms with Crippen LogP contribution in [0.5, 0.6) is 0 Å². The molecule has 5 rings (SSSR count). The first-order valence-corrected chi connectivity index (χ1v) is 7.89. The minimum Gasteiger partial charge on any atom is -0.290 e. The number of hydrazine groups is 1. The summed E-state index contributed by atoms with van der Waals surface area (Å²) < 4.78 is 0. The van der Waals surface area contributed by atoms with Gasteiger partial charge in [-0.1, -0.05) is 60.7 Å². The number of carbonyl (C=O) groups excluding carboxylic acids is 1. The van der Waals surface area contributed by atoms with Crippen LogP contribution in [0.25, 0.3) is 43.1 Å². The van der Waals surface area contributed by atoms with Crippen LogP contribution in [0.15, 0.2) is 66.7 Å². The minimum absolute atomic E-state index is 0.266. The molecule has 0 saturated heterocycles. The lowest BCUT2D eigenvalue weighted by molar-refractivity contribution is 0.0955. The fourth-order valence-corrected chi connectivity index (χ4v) is 3.92. The summed E-state index contributed by atoms with van der Waals surface area (Å²) in [6, 6.07) is 22.7. The summed E-state index contributed by atoms with van der Waals surface area (Å²) in [7, 11) is 0. The summed E-state index contributed by atoms with van der Waals surface area (Å²) in [4.78, 5) is 12.4. The number of rotatable bonds is 1. The maximum atomic E-state index is 12.4. The molecule has 0 heterocycles. The van der Waals surface area contributed by atoms with Gasteiger partial charge in [0.1, 0.15) is 0 Å². The predicted molar refractivity (Wildman–Crippen MR) is 99.3 cm³/mol. The molecule has 0 spiro atoms. The van der Waals surface area contributed by atoms with Gasteiger partial charge in [-0.15, -0.1) is 0 Å². The highest BCUT2D eigenvalue weighted by molar-refractivity contribution is 6.35. The Morgan fingerprint density at radius 2 is 1.25 bits per heavy atom. The first-order valence-electron chi connectivity index (χ1n) is 7.89. The van der Waals surface area contributed by atoms with E-state index in [0.717, 1.165) is 21.5 Å². The molecule has 0 aliphatic heterocycles. The molecule has 0 fully saturated rings. The Balaban J connectivity index is 2.21. The normalized spacial score (nSPS) is 11.7. The van der Waals surface area contributed by atoms with Crippen LogP contribution in [0, 0.1) is 0 Å². The van der Waals surface area contributed by atoms with E-state index in [0.29, 0.717) is 5.56 Å². The smallest absolute Gasteiger partial charge is 0.265 e. The highest BCUT2D eigenvalue weighted by atomic mass is 16.2. The average molecular weight is 310 g/mol. The van der Waals surface area contributed by atoms with E-state index in [4.69, 9.17) is 5.84 Å². The molecule has 0 saturated carbocycles. The van der Waals surface area contributed by atoms with Gasteiger partial charge >= 0.3 is 0 Å². The van der Waals surface area contributed by atoms with E-state index in [9.17, 15) is 4.79 Å². The molecule has 0 radical (unpaired) electrons. The van der Waals surface area contributed by atoms with Gasteiger partial charge in [0.15, 0.2) is 0 Å². The lowest BCUT2D eigenvalue weighted by atomic mass is 9.87. The van der Waals surface area contributed by atoms with Crippen LogP contribution in [0.2, 0.25) is 0 Å². The van der Waals surface area contributed by atoms with Crippen molar-refractivity contribution in [2.24, 2.45) is 5.84 Å². The maximum absolute atomic E-state index is 12.4. The Kier molecular flexibility index (Phi) is 2.58. The molecular formula is C21H14N2O. The summed E-state index contributed by atoms with van der Waals surface area (Å²) in [5, 5.41) is 9.05. The molecule has 0 aliphatic carbocycles. The molecule has 5 aromatic rings. The van der Waals surface area contributed by atoms with Crippen LogP contribution in [-0.4, -0.2) is 5.91 Å². The van der Waals surface area contributed by atoms with Crippen molar-refractivity contribution < 1.29 is 4.79 Å². The lowest BCUT2D eigenvalue weighted by Gasteiger charge is -2.16. The Bertz CT molecular complexity index is 1250. The molecular weight excluding hydrogens is 296 g/mol.